The third kappa shape index (κ3) is 4.50. The monoisotopic (exact) mass is 419 g/mol. The highest BCUT2D eigenvalue weighted by molar-refractivity contribution is 5.94. The Kier molecular flexibility index (Phi) is 5.23. The van der Waals surface area contributed by atoms with Crippen molar-refractivity contribution in [1.82, 2.24) is 29.4 Å². The number of aromatic nitrogens is 5. The van der Waals surface area contributed by atoms with Crippen LogP contribution in [0.25, 0.3) is 11.3 Å². The summed E-state index contributed by atoms with van der Waals surface area (Å²) in [5.74, 6) is 1.26. The molecule has 1 saturated heterocycles. The van der Waals surface area contributed by atoms with E-state index in [0.717, 1.165) is 38.0 Å². The van der Waals surface area contributed by atoms with Crippen molar-refractivity contribution in [2.75, 3.05) is 18.4 Å². The average Bonchev–Trinajstić information content (AvgIpc) is 3.17. The van der Waals surface area contributed by atoms with Gasteiger partial charge in [-0.25, -0.2) is 4.68 Å². The molecule has 4 heterocycles. The fraction of sp³-hybridized carbons (Fsp3) is 0.409. The lowest BCUT2D eigenvalue weighted by Crippen LogP contribution is -2.27. The molecule has 1 N–H and O–H groups in total. The predicted octanol–water partition coefficient (Wildman–Crippen LogP) is 2.43. The first-order valence-electron chi connectivity index (χ1n) is 10.8. The van der Waals surface area contributed by atoms with Gasteiger partial charge in [0, 0.05) is 43.7 Å². The largest absolute Gasteiger partial charge is 0.339 e. The second-order valence-corrected chi connectivity index (χ2v) is 8.25. The van der Waals surface area contributed by atoms with E-state index in [1.807, 2.05) is 21.7 Å². The van der Waals surface area contributed by atoms with E-state index in [4.69, 9.17) is 0 Å². The predicted molar refractivity (Wildman–Crippen MR) is 114 cm³/mol. The van der Waals surface area contributed by atoms with Gasteiger partial charge < -0.3 is 10.2 Å². The maximum absolute atomic E-state index is 12.5. The molecule has 2 aliphatic rings. The molecule has 0 atom stereocenters. The number of nitrogens with zero attached hydrogens (tertiary/aromatic N) is 6. The van der Waals surface area contributed by atoms with Crippen LogP contribution < -0.4 is 5.32 Å². The van der Waals surface area contributed by atoms with Gasteiger partial charge >= 0.3 is 0 Å². The van der Waals surface area contributed by atoms with E-state index < -0.39 is 0 Å². The van der Waals surface area contributed by atoms with Crippen molar-refractivity contribution in [3.8, 4) is 11.3 Å². The first-order chi connectivity index (χ1) is 15.2. The lowest BCUT2D eigenvalue weighted by Gasteiger charge is -2.14. The van der Waals surface area contributed by atoms with Crippen molar-refractivity contribution in [3.63, 3.8) is 0 Å². The first kappa shape index (κ1) is 19.5. The summed E-state index contributed by atoms with van der Waals surface area (Å²) < 4.78 is 3.43. The molecule has 0 spiro atoms. The normalized spacial score (nSPS) is 15.9. The van der Waals surface area contributed by atoms with Gasteiger partial charge in [-0.3, -0.25) is 19.3 Å². The standard InChI is InChI=1S/C22H25N7O2/c30-21(26-20-7-8-24-29(20)13-16-3-4-16)15-28-14-18(12-25-28)19-6-5-17(11-23-19)22(31)27-9-1-2-10-27/h5-8,11-12,14,16H,1-4,9-10,13,15H2,(H,26,30). The number of anilines is 1. The van der Waals surface area contributed by atoms with Crippen LogP contribution in [0.15, 0.2) is 43.0 Å². The molecule has 0 bridgehead atoms. The van der Waals surface area contributed by atoms with Gasteiger partial charge in [-0.15, -0.1) is 0 Å². The molecule has 2 amide bonds. The molecule has 2 fully saturated rings. The molecule has 9 nitrogen and oxygen atoms in total. The van der Waals surface area contributed by atoms with Crippen molar-refractivity contribution in [1.29, 1.82) is 0 Å². The summed E-state index contributed by atoms with van der Waals surface area (Å²) in [7, 11) is 0. The van der Waals surface area contributed by atoms with E-state index in [1.165, 1.54) is 12.8 Å². The first-order valence-corrected chi connectivity index (χ1v) is 10.8. The Morgan fingerprint density at radius 2 is 1.90 bits per heavy atom. The Hall–Kier alpha value is -3.49. The maximum atomic E-state index is 12.5. The molecule has 0 aromatic carbocycles. The number of pyridine rings is 1. The van der Waals surface area contributed by atoms with Crippen molar-refractivity contribution < 1.29 is 9.59 Å². The zero-order valence-corrected chi connectivity index (χ0v) is 17.3. The number of hydrogen-bond donors (Lipinski definition) is 1. The Morgan fingerprint density at radius 1 is 1.06 bits per heavy atom. The zero-order valence-electron chi connectivity index (χ0n) is 17.3. The van der Waals surface area contributed by atoms with Crippen molar-refractivity contribution in [2.24, 2.45) is 5.92 Å². The Balaban J connectivity index is 1.20. The molecule has 5 rings (SSSR count). The summed E-state index contributed by atoms with van der Waals surface area (Å²) in [5.41, 5.74) is 2.11. The van der Waals surface area contributed by atoms with Crippen LogP contribution in [0.1, 0.15) is 36.0 Å². The number of carbonyl (C=O) groups excluding carboxylic acids is 2. The minimum absolute atomic E-state index is 0.0323. The van der Waals surface area contributed by atoms with E-state index in [0.29, 0.717) is 23.0 Å². The van der Waals surface area contributed by atoms with E-state index in [1.54, 1.807) is 35.5 Å². The van der Waals surface area contributed by atoms with Crippen molar-refractivity contribution in [2.45, 2.75) is 38.8 Å². The fourth-order valence-electron chi connectivity index (χ4n) is 3.84. The van der Waals surface area contributed by atoms with Gasteiger partial charge in [-0.2, -0.15) is 10.2 Å². The van der Waals surface area contributed by atoms with Crippen LogP contribution in [0.3, 0.4) is 0 Å². The Morgan fingerprint density at radius 3 is 2.65 bits per heavy atom. The molecule has 160 valence electrons. The number of nitrogens with one attached hydrogen (secondary N) is 1. The van der Waals surface area contributed by atoms with Crippen LogP contribution in [0.5, 0.6) is 0 Å². The third-order valence-electron chi connectivity index (χ3n) is 5.75. The van der Waals surface area contributed by atoms with Crippen LogP contribution >= 0.6 is 0 Å². The van der Waals surface area contributed by atoms with Crippen LogP contribution in [0.2, 0.25) is 0 Å². The summed E-state index contributed by atoms with van der Waals surface area (Å²) in [6.07, 6.45) is 11.4. The average molecular weight is 419 g/mol. The highest BCUT2D eigenvalue weighted by Crippen LogP contribution is 2.31. The number of carbonyl (C=O) groups is 2. The lowest BCUT2D eigenvalue weighted by atomic mass is 10.2. The topological polar surface area (TPSA) is 97.9 Å². The van der Waals surface area contributed by atoms with Gasteiger partial charge in [0.1, 0.15) is 12.4 Å². The molecule has 31 heavy (non-hydrogen) atoms. The quantitative estimate of drug-likeness (QED) is 0.634. The zero-order chi connectivity index (χ0) is 21.2. The molecule has 1 aliphatic carbocycles. The molecule has 9 heteroatoms. The second kappa shape index (κ2) is 8.33. The molecular weight excluding hydrogens is 394 g/mol. The number of likely N-dealkylation sites (tertiary alicyclic amines) is 1. The van der Waals surface area contributed by atoms with E-state index in [-0.39, 0.29) is 18.4 Å². The van der Waals surface area contributed by atoms with Crippen LogP contribution in [-0.2, 0) is 17.9 Å². The summed E-state index contributed by atoms with van der Waals surface area (Å²) >= 11 is 0. The molecule has 1 aliphatic heterocycles. The fourth-order valence-corrected chi connectivity index (χ4v) is 3.84. The second-order valence-electron chi connectivity index (χ2n) is 8.25. The summed E-state index contributed by atoms with van der Waals surface area (Å²) in [4.78, 5) is 31.2. The summed E-state index contributed by atoms with van der Waals surface area (Å²) in [6, 6.07) is 5.43. The number of amides is 2. The van der Waals surface area contributed by atoms with Crippen LogP contribution in [0.4, 0.5) is 5.82 Å². The van der Waals surface area contributed by atoms with Gasteiger partial charge in [0.25, 0.3) is 5.91 Å². The Labute approximate surface area is 180 Å². The molecule has 0 radical (unpaired) electrons. The minimum Gasteiger partial charge on any atom is -0.339 e. The van der Waals surface area contributed by atoms with Gasteiger partial charge in [0.15, 0.2) is 0 Å². The van der Waals surface area contributed by atoms with Gasteiger partial charge in [0.05, 0.1) is 23.7 Å². The van der Waals surface area contributed by atoms with Gasteiger partial charge in [-0.1, -0.05) is 0 Å². The van der Waals surface area contributed by atoms with Gasteiger partial charge in [-0.05, 0) is 43.7 Å². The van der Waals surface area contributed by atoms with E-state index in [9.17, 15) is 9.59 Å². The third-order valence-corrected chi connectivity index (χ3v) is 5.75. The summed E-state index contributed by atoms with van der Waals surface area (Å²) in [5, 5.41) is 11.5. The molecule has 1 saturated carbocycles. The number of hydrogen-bond acceptors (Lipinski definition) is 5. The minimum atomic E-state index is -0.160. The van der Waals surface area contributed by atoms with Gasteiger partial charge in [0.2, 0.25) is 5.91 Å². The molecule has 3 aromatic heterocycles. The highest BCUT2D eigenvalue weighted by Gasteiger charge is 2.23. The maximum Gasteiger partial charge on any atom is 0.255 e. The smallest absolute Gasteiger partial charge is 0.255 e. The molecule has 0 unspecified atom stereocenters. The highest BCUT2D eigenvalue weighted by atomic mass is 16.2. The van der Waals surface area contributed by atoms with Crippen LogP contribution in [-0.4, -0.2) is 54.3 Å². The molecule has 3 aromatic rings. The van der Waals surface area contributed by atoms with E-state index >= 15 is 0 Å². The summed E-state index contributed by atoms with van der Waals surface area (Å²) in [6.45, 7) is 2.57. The SMILES string of the molecule is O=C(Cn1cc(-c2ccc(C(=O)N3CCCC3)cn2)cn1)Nc1ccnn1CC1CC1. The van der Waals surface area contributed by atoms with Crippen molar-refractivity contribution >= 4 is 17.6 Å². The van der Waals surface area contributed by atoms with Crippen LogP contribution in [0, 0.1) is 5.92 Å². The number of rotatable bonds is 7. The Bertz CT molecular complexity index is 1080. The van der Waals surface area contributed by atoms with E-state index in [2.05, 4.69) is 20.5 Å². The lowest BCUT2D eigenvalue weighted by molar-refractivity contribution is -0.117. The van der Waals surface area contributed by atoms with Crippen molar-refractivity contribution in [3.05, 3.63) is 48.5 Å². The molecular formula is C22H25N7O2.